The molecule has 3 nitrogen and oxygen atoms in total. The maximum atomic E-state index is 4.58. The molecule has 1 aliphatic rings. The van der Waals surface area contributed by atoms with Gasteiger partial charge in [-0.1, -0.05) is 18.2 Å². The summed E-state index contributed by atoms with van der Waals surface area (Å²) in [5, 5.41) is 0. The summed E-state index contributed by atoms with van der Waals surface area (Å²) in [6.07, 6.45) is 1.08. The first-order valence-electron chi connectivity index (χ1n) is 6.34. The molecule has 0 saturated carbocycles. The number of nitrogens with zero attached hydrogens (tertiary/aromatic N) is 3. The van der Waals surface area contributed by atoms with Crippen LogP contribution in [0.3, 0.4) is 0 Å². The van der Waals surface area contributed by atoms with Gasteiger partial charge in [-0.05, 0) is 38.8 Å². The minimum Gasteiger partial charge on any atom is -0.323 e. The van der Waals surface area contributed by atoms with E-state index >= 15 is 0 Å². The molecule has 92 valence electrons. The van der Waals surface area contributed by atoms with E-state index in [2.05, 4.69) is 52.1 Å². The highest BCUT2D eigenvalue weighted by Gasteiger charge is 2.27. The van der Waals surface area contributed by atoms with Crippen molar-refractivity contribution in [1.82, 2.24) is 9.97 Å². The van der Waals surface area contributed by atoms with Gasteiger partial charge < -0.3 is 4.90 Å². The molecular formula is C15H17N3. The Morgan fingerprint density at radius 2 is 1.94 bits per heavy atom. The van der Waals surface area contributed by atoms with Crippen LogP contribution in [0.1, 0.15) is 24.0 Å². The molecule has 1 aliphatic heterocycles. The first kappa shape index (κ1) is 11.2. The van der Waals surface area contributed by atoms with Crippen LogP contribution in [0.25, 0.3) is 0 Å². The third-order valence-electron chi connectivity index (χ3n) is 3.41. The topological polar surface area (TPSA) is 29.0 Å². The van der Waals surface area contributed by atoms with E-state index in [0.29, 0.717) is 6.04 Å². The van der Waals surface area contributed by atoms with Crippen LogP contribution in [-0.4, -0.2) is 16.0 Å². The fraction of sp³-hybridized carbons (Fsp3) is 0.333. The van der Waals surface area contributed by atoms with Crippen LogP contribution in [0.5, 0.6) is 0 Å². The quantitative estimate of drug-likeness (QED) is 0.765. The van der Waals surface area contributed by atoms with Gasteiger partial charge in [-0.15, -0.1) is 0 Å². The summed E-state index contributed by atoms with van der Waals surface area (Å²) in [5.41, 5.74) is 3.70. The maximum absolute atomic E-state index is 4.58. The van der Waals surface area contributed by atoms with E-state index < -0.39 is 0 Å². The lowest BCUT2D eigenvalue weighted by Crippen LogP contribution is -2.25. The van der Waals surface area contributed by atoms with E-state index in [1.54, 1.807) is 0 Å². The van der Waals surface area contributed by atoms with Crippen molar-refractivity contribution >= 4 is 11.5 Å². The molecule has 1 aromatic heterocycles. The van der Waals surface area contributed by atoms with Gasteiger partial charge in [0.05, 0.1) is 0 Å². The van der Waals surface area contributed by atoms with Crippen molar-refractivity contribution in [3.8, 4) is 0 Å². The number of aryl methyl sites for hydroxylation is 2. The molecule has 0 fully saturated rings. The minimum absolute atomic E-state index is 0.455. The molecule has 0 radical (unpaired) electrons. The number of hydrogen-bond acceptors (Lipinski definition) is 3. The molecule has 0 aliphatic carbocycles. The monoisotopic (exact) mass is 239 g/mol. The smallest absolute Gasteiger partial charge is 0.137 e. The number of anilines is 2. The van der Waals surface area contributed by atoms with E-state index in [1.807, 2.05) is 13.8 Å². The molecule has 0 spiro atoms. The Kier molecular flexibility index (Phi) is 2.54. The number of benzene rings is 1. The zero-order valence-electron chi connectivity index (χ0n) is 11.0. The van der Waals surface area contributed by atoms with E-state index in [-0.39, 0.29) is 0 Å². The normalized spacial score (nSPS) is 17.9. The molecule has 3 heteroatoms. The fourth-order valence-corrected chi connectivity index (χ4v) is 2.74. The average Bonchev–Trinajstić information content (AvgIpc) is 2.63. The van der Waals surface area contributed by atoms with Crippen molar-refractivity contribution in [3.05, 3.63) is 47.4 Å². The molecule has 3 rings (SSSR count). The Labute approximate surface area is 108 Å². The van der Waals surface area contributed by atoms with E-state index in [1.165, 1.54) is 11.3 Å². The van der Waals surface area contributed by atoms with Crippen LogP contribution in [0.2, 0.25) is 0 Å². The van der Waals surface area contributed by atoms with Crippen molar-refractivity contribution in [2.45, 2.75) is 33.2 Å². The highest BCUT2D eigenvalue weighted by Crippen LogP contribution is 2.37. The van der Waals surface area contributed by atoms with Gasteiger partial charge in [-0.2, -0.15) is 0 Å². The third-order valence-corrected chi connectivity index (χ3v) is 3.41. The van der Waals surface area contributed by atoms with Gasteiger partial charge in [0, 0.05) is 23.5 Å². The molecule has 0 amide bonds. The van der Waals surface area contributed by atoms with Crippen molar-refractivity contribution in [2.75, 3.05) is 4.90 Å². The molecule has 0 N–H and O–H groups in total. The molecule has 2 heterocycles. The van der Waals surface area contributed by atoms with Crippen molar-refractivity contribution < 1.29 is 0 Å². The first-order valence-corrected chi connectivity index (χ1v) is 6.34. The molecule has 1 aromatic carbocycles. The Balaban J connectivity index is 2.11. The third kappa shape index (κ3) is 1.76. The Hall–Kier alpha value is -1.90. The first-order chi connectivity index (χ1) is 8.65. The molecule has 0 bridgehead atoms. The fourth-order valence-electron chi connectivity index (χ4n) is 2.74. The van der Waals surface area contributed by atoms with Crippen LogP contribution in [0.4, 0.5) is 11.5 Å². The van der Waals surface area contributed by atoms with Crippen LogP contribution in [0.15, 0.2) is 30.3 Å². The standard InChI is InChI=1S/C15H17N3/c1-10-8-15(17-12(3)16-10)18-11(2)9-13-6-4-5-7-14(13)18/h4-8,11H,9H2,1-3H3/t11-/m1/s1. The summed E-state index contributed by atoms with van der Waals surface area (Å²) in [6, 6.07) is 11.1. The number of hydrogen-bond donors (Lipinski definition) is 0. The van der Waals surface area contributed by atoms with Crippen LogP contribution >= 0.6 is 0 Å². The van der Waals surface area contributed by atoms with E-state index in [4.69, 9.17) is 0 Å². The summed E-state index contributed by atoms with van der Waals surface area (Å²) in [7, 11) is 0. The molecule has 0 unspecified atom stereocenters. The van der Waals surface area contributed by atoms with Crippen molar-refractivity contribution in [2.24, 2.45) is 0 Å². The Morgan fingerprint density at radius 3 is 2.72 bits per heavy atom. The summed E-state index contributed by atoms with van der Waals surface area (Å²) in [4.78, 5) is 11.2. The van der Waals surface area contributed by atoms with E-state index in [9.17, 15) is 0 Å². The van der Waals surface area contributed by atoms with Crippen molar-refractivity contribution in [1.29, 1.82) is 0 Å². The minimum atomic E-state index is 0.455. The molecule has 18 heavy (non-hydrogen) atoms. The maximum Gasteiger partial charge on any atom is 0.137 e. The predicted octanol–water partition coefficient (Wildman–Crippen LogP) is 3.18. The van der Waals surface area contributed by atoms with E-state index in [0.717, 1.165) is 23.8 Å². The lowest BCUT2D eigenvalue weighted by molar-refractivity contribution is 0.746. The highest BCUT2D eigenvalue weighted by molar-refractivity contribution is 5.68. The summed E-state index contributed by atoms with van der Waals surface area (Å²) >= 11 is 0. The van der Waals surface area contributed by atoms with Crippen LogP contribution in [0, 0.1) is 13.8 Å². The summed E-state index contributed by atoms with van der Waals surface area (Å²) in [6.45, 7) is 6.21. The second kappa shape index (κ2) is 4.09. The van der Waals surface area contributed by atoms with Gasteiger partial charge in [-0.3, -0.25) is 0 Å². The number of rotatable bonds is 1. The van der Waals surface area contributed by atoms with Crippen LogP contribution < -0.4 is 4.90 Å². The molecule has 1 atom stereocenters. The van der Waals surface area contributed by atoms with Crippen LogP contribution in [-0.2, 0) is 6.42 Å². The zero-order valence-corrected chi connectivity index (χ0v) is 11.0. The lowest BCUT2D eigenvalue weighted by Gasteiger charge is -2.24. The second-order valence-electron chi connectivity index (χ2n) is 4.97. The molecule has 0 saturated heterocycles. The van der Waals surface area contributed by atoms with Gasteiger partial charge in [-0.25, -0.2) is 9.97 Å². The van der Waals surface area contributed by atoms with Gasteiger partial charge in [0.1, 0.15) is 11.6 Å². The second-order valence-corrected chi connectivity index (χ2v) is 4.97. The van der Waals surface area contributed by atoms with Gasteiger partial charge in [0.25, 0.3) is 0 Å². The average molecular weight is 239 g/mol. The predicted molar refractivity (Wildman–Crippen MR) is 73.3 cm³/mol. The van der Waals surface area contributed by atoms with Gasteiger partial charge in [0.2, 0.25) is 0 Å². The lowest BCUT2D eigenvalue weighted by atomic mass is 10.1. The molecule has 2 aromatic rings. The molecular weight excluding hydrogens is 222 g/mol. The SMILES string of the molecule is Cc1cc(N2c3ccccc3C[C@H]2C)nc(C)n1. The largest absolute Gasteiger partial charge is 0.323 e. The Bertz CT molecular complexity index is 572. The number of para-hydroxylation sites is 1. The zero-order chi connectivity index (χ0) is 12.7. The van der Waals surface area contributed by atoms with Gasteiger partial charge >= 0.3 is 0 Å². The van der Waals surface area contributed by atoms with Gasteiger partial charge in [0.15, 0.2) is 0 Å². The number of fused-ring (bicyclic) bond motifs is 1. The highest BCUT2D eigenvalue weighted by atomic mass is 15.2. The Morgan fingerprint density at radius 1 is 1.17 bits per heavy atom. The number of aromatic nitrogens is 2. The summed E-state index contributed by atoms with van der Waals surface area (Å²) in [5.74, 6) is 1.85. The summed E-state index contributed by atoms with van der Waals surface area (Å²) < 4.78 is 0. The van der Waals surface area contributed by atoms with Crippen molar-refractivity contribution in [3.63, 3.8) is 0 Å².